The molecule has 1 fully saturated rings. The number of aromatic nitrogens is 3. The Bertz CT molecular complexity index is 921. The van der Waals surface area contributed by atoms with Crippen molar-refractivity contribution in [2.45, 2.75) is 33.2 Å². The Morgan fingerprint density at radius 2 is 1.89 bits per heavy atom. The lowest BCUT2D eigenvalue weighted by molar-refractivity contribution is 0.0670. The van der Waals surface area contributed by atoms with Crippen LogP contribution in [0, 0.1) is 19.8 Å². The van der Waals surface area contributed by atoms with Crippen molar-refractivity contribution >= 4 is 5.91 Å². The van der Waals surface area contributed by atoms with Crippen LogP contribution >= 0.6 is 0 Å². The van der Waals surface area contributed by atoms with Gasteiger partial charge in [0.2, 0.25) is 0 Å². The first kappa shape index (κ1) is 17.5. The highest BCUT2D eigenvalue weighted by molar-refractivity contribution is 5.93. The molecule has 3 aromatic rings. The van der Waals surface area contributed by atoms with Crippen LogP contribution < -0.4 is 0 Å². The number of benzene rings is 1. The molecule has 3 heterocycles. The predicted molar refractivity (Wildman–Crippen MR) is 102 cm³/mol. The summed E-state index contributed by atoms with van der Waals surface area (Å²) < 4.78 is 7.45. The molecule has 2 aromatic heterocycles. The van der Waals surface area contributed by atoms with Crippen LogP contribution in [0.15, 0.2) is 47.0 Å². The average molecular weight is 364 g/mol. The van der Waals surface area contributed by atoms with Gasteiger partial charge in [-0.05, 0) is 38.7 Å². The molecule has 1 saturated heterocycles. The molecule has 0 radical (unpaired) electrons. The van der Waals surface area contributed by atoms with Crippen LogP contribution in [0.4, 0.5) is 0 Å². The molecule has 27 heavy (non-hydrogen) atoms. The van der Waals surface area contributed by atoms with Gasteiger partial charge >= 0.3 is 0 Å². The molecule has 140 valence electrons. The van der Waals surface area contributed by atoms with Crippen LogP contribution in [-0.4, -0.2) is 38.8 Å². The van der Waals surface area contributed by atoms with Crippen molar-refractivity contribution in [1.82, 2.24) is 19.8 Å². The smallest absolute Gasteiger partial charge is 0.276 e. The Balaban J connectivity index is 1.36. The van der Waals surface area contributed by atoms with Gasteiger partial charge in [-0.2, -0.15) is 5.10 Å². The second kappa shape index (κ2) is 7.39. The topological polar surface area (TPSA) is 64.2 Å². The third-order valence-electron chi connectivity index (χ3n) is 5.22. The number of hydrogen-bond acceptors (Lipinski definition) is 4. The molecule has 1 aliphatic rings. The van der Waals surface area contributed by atoms with Gasteiger partial charge in [0.05, 0.1) is 5.69 Å². The molecule has 0 atom stereocenters. The van der Waals surface area contributed by atoms with Gasteiger partial charge in [-0.15, -0.1) is 0 Å². The van der Waals surface area contributed by atoms with E-state index in [0.29, 0.717) is 17.4 Å². The first-order valence-corrected chi connectivity index (χ1v) is 9.42. The van der Waals surface area contributed by atoms with Gasteiger partial charge in [-0.25, -0.2) is 0 Å². The highest BCUT2D eigenvalue weighted by atomic mass is 16.5. The summed E-state index contributed by atoms with van der Waals surface area (Å²) in [5.41, 5.74) is 3.56. The maximum Gasteiger partial charge on any atom is 0.276 e. The Morgan fingerprint density at radius 3 is 2.56 bits per heavy atom. The zero-order valence-corrected chi connectivity index (χ0v) is 15.8. The Labute approximate surface area is 158 Å². The summed E-state index contributed by atoms with van der Waals surface area (Å²) >= 11 is 0. The van der Waals surface area contributed by atoms with E-state index < -0.39 is 0 Å². The highest BCUT2D eigenvalue weighted by Gasteiger charge is 2.26. The zero-order chi connectivity index (χ0) is 18.8. The molecule has 1 aromatic carbocycles. The minimum absolute atomic E-state index is 0.0505. The number of nitrogens with zero attached hydrogens (tertiary/aromatic N) is 4. The SMILES string of the molecule is Cc1cc(C)n(CC2CCN(C(=O)c3cc(-c4ccccc4)on3)CC2)n1. The molecule has 0 unspecified atom stereocenters. The van der Waals surface area contributed by atoms with E-state index in [2.05, 4.69) is 27.9 Å². The number of amides is 1. The number of piperidine rings is 1. The van der Waals surface area contributed by atoms with Crippen LogP contribution in [-0.2, 0) is 6.54 Å². The highest BCUT2D eigenvalue weighted by Crippen LogP contribution is 2.24. The van der Waals surface area contributed by atoms with Crippen molar-refractivity contribution in [3.63, 3.8) is 0 Å². The van der Waals surface area contributed by atoms with Gasteiger partial charge in [0.25, 0.3) is 5.91 Å². The fourth-order valence-corrected chi connectivity index (χ4v) is 3.70. The first-order chi connectivity index (χ1) is 13.1. The van der Waals surface area contributed by atoms with Crippen LogP contribution in [0.1, 0.15) is 34.7 Å². The number of carbonyl (C=O) groups is 1. The summed E-state index contributed by atoms with van der Waals surface area (Å²) in [5, 5.41) is 8.54. The summed E-state index contributed by atoms with van der Waals surface area (Å²) in [7, 11) is 0. The van der Waals surface area contributed by atoms with E-state index >= 15 is 0 Å². The van der Waals surface area contributed by atoms with E-state index in [1.807, 2.05) is 42.2 Å². The second-order valence-corrected chi connectivity index (χ2v) is 7.29. The summed E-state index contributed by atoms with van der Waals surface area (Å²) in [6, 6.07) is 13.5. The van der Waals surface area contributed by atoms with Gasteiger partial charge in [-0.3, -0.25) is 9.48 Å². The number of carbonyl (C=O) groups excluding carboxylic acids is 1. The standard InChI is InChI=1S/C21H24N4O2/c1-15-12-16(2)25(22-15)14-17-8-10-24(11-9-17)21(26)19-13-20(27-23-19)18-6-4-3-5-7-18/h3-7,12-13,17H,8-11,14H2,1-2H3. The molecule has 0 aliphatic carbocycles. The van der Waals surface area contributed by atoms with Crippen molar-refractivity contribution in [3.05, 3.63) is 59.5 Å². The molecular formula is C21H24N4O2. The van der Waals surface area contributed by atoms with Crippen molar-refractivity contribution in [3.8, 4) is 11.3 Å². The molecule has 0 bridgehead atoms. The fraction of sp³-hybridized carbons (Fsp3) is 0.381. The molecule has 1 aliphatic heterocycles. The Hall–Kier alpha value is -2.89. The molecule has 0 saturated carbocycles. The van der Waals surface area contributed by atoms with Gasteiger partial charge in [-0.1, -0.05) is 35.5 Å². The number of aryl methyl sites for hydroxylation is 2. The minimum Gasteiger partial charge on any atom is -0.355 e. The molecule has 4 rings (SSSR count). The van der Waals surface area contributed by atoms with E-state index in [1.165, 1.54) is 5.69 Å². The van der Waals surface area contributed by atoms with Gasteiger partial charge < -0.3 is 9.42 Å². The molecule has 6 heteroatoms. The van der Waals surface area contributed by atoms with Crippen LogP contribution in [0.5, 0.6) is 0 Å². The Morgan fingerprint density at radius 1 is 1.15 bits per heavy atom. The predicted octanol–water partition coefficient (Wildman–Crippen LogP) is 3.71. The number of hydrogen-bond donors (Lipinski definition) is 0. The summed E-state index contributed by atoms with van der Waals surface area (Å²) in [6.45, 7) is 6.52. The second-order valence-electron chi connectivity index (χ2n) is 7.29. The summed E-state index contributed by atoms with van der Waals surface area (Å²) in [6.07, 6.45) is 1.96. The molecule has 1 amide bonds. The lowest BCUT2D eigenvalue weighted by Gasteiger charge is -2.31. The van der Waals surface area contributed by atoms with Gasteiger partial charge in [0.15, 0.2) is 11.5 Å². The third-order valence-corrected chi connectivity index (χ3v) is 5.22. The van der Waals surface area contributed by atoms with Crippen molar-refractivity contribution in [1.29, 1.82) is 0 Å². The maximum absolute atomic E-state index is 12.8. The minimum atomic E-state index is -0.0505. The molecule has 6 nitrogen and oxygen atoms in total. The summed E-state index contributed by atoms with van der Waals surface area (Å²) in [5.74, 6) is 1.12. The molecular weight excluding hydrogens is 340 g/mol. The van der Waals surface area contributed by atoms with Crippen molar-refractivity contribution in [2.75, 3.05) is 13.1 Å². The van der Waals surface area contributed by atoms with E-state index in [0.717, 1.165) is 43.7 Å². The quantitative estimate of drug-likeness (QED) is 0.708. The zero-order valence-electron chi connectivity index (χ0n) is 15.8. The molecule has 0 N–H and O–H groups in total. The first-order valence-electron chi connectivity index (χ1n) is 9.42. The van der Waals surface area contributed by atoms with E-state index in [-0.39, 0.29) is 5.91 Å². The van der Waals surface area contributed by atoms with Gasteiger partial charge in [0.1, 0.15) is 0 Å². The van der Waals surface area contributed by atoms with E-state index in [4.69, 9.17) is 4.52 Å². The lowest BCUT2D eigenvalue weighted by Crippen LogP contribution is -2.39. The van der Waals surface area contributed by atoms with Crippen LogP contribution in [0.3, 0.4) is 0 Å². The largest absolute Gasteiger partial charge is 0.355 e. The summed E-state index contributed by atoms with van der Waals surface area (Å²) in [4.78, 5) is 14.6. The maximum atomic E-state index is 12.8. The third kappa shape index (κ3) is 3.79. The monoisotopic (exact) mass is 364 g/mol. The van der Waals surface area contributed by atoms with Crippen molar-refractivity contribution < 1.29 is 9.32 Å². The molecule has 0 spiro atoms. The van der Waals surface area contributed by atoms with E-state index in [9.17, 15) is 4.79 Å². The lowest BCUT2D eigenvalue weighted by atomic mass is 9.96. The van der Waals surface area contributed by atoms with Crippen LogP contribution in [0.25, 0.3) is 11.3 Å². The number of likely N-dealkylation sites (tertiary alicyclic amines) is 1. The normalized spacial score (nSPS) is 15.3. The average Bonchev–Trinajstić information content (AvgIpc) is 3.29. The number of rotatable bonds is 4. The Kier molecular flexibility index (Phi) is 4.79. The van der Waals surface area contributed by atoms with Crippen molar-refractivity contribution in [2.24, 2.45) is 5.92 Å². The van der Waals surface area contributed by atoms with Crippen LogP contribution in [0.2, 0.25) is 0 Å². The van der Waals surface area contributed by atoms with E-state index in [1.54, 1.807) is 6.07 Å². The van der Waals surface area contributed by atoms with Gasteiger partial charge in [0, 0.05) is 37.0 Å². The fourth-order valence-electron chi connectivity index (χ4n) is 3.70.